The van der Waals surface area contributed by atoms with Gasteiger partial charge in [0.05, 0.1) is 5.69 Å². The molecule has 0 unspecified atom stereocenters. The van der Waals surface area contributed by atoms with E-state index in [1.54, 1.807) is 0 Å². The fourth-order valence-electron chi connectivity index (χ4n) is 3.37. The van der Waals surface area contributed by atoms with Crippen LogP contribution in [0.4, 0.5) is 0 Å². The summed E-state index contributed by atoms with van der Waals surface area (Å²) in [6.45, 7) is 7.47. The largest absolute Gasteiger partial charge is 0.299 e. The minimum Gasteiger partial charge on any atom is -0.299 e. The second-order valence-electron chi connectivity index (χ2n) is 6.74. The molecule has 24 heavy (non-hydrogen) atoms. The van der Waals surface area contributed by atoms with Crippen molar-refractivity contribution in [2.24, 2.45) is 0 Å². The summed E-state index contributed by atoms with van der Waals surface area (Å²) in [6.07, 6.45) is 5.44. The molecule has 4 heteroatoms. The number of aryl methyl sites for hydroxylation is 1. The number of rotatable bonds is 7. The monoisotopic (exact) mass is 324 g/mol. The Morgan fingerprint density at radius 2 is 1.79 bits per heavy atom. The lowest BCUT2D eigenvalue weighted by molar-refractivity contribution is 0.304. The van der Waals surface area contributed by atoms with Crippen LogP contribution < -0.4 is 0 Å². The SMILES string of the molecule is CCc1nccc(CN(C)Cc2ccccc2CN2CCCC2)n1. The minimum absolute atomic E-state index is 0.855. The summed E-state index contributed by atoms with van der Waals surface area (Å²) in [4.78, 5) is 13.8. The van der Waals surface area contributed by atoms with Gasteiger partial charge in [-0.2, -0.15) is 0 Å². The molecule has 0 amide bonds. The quantitative estimate of drug-likeness (QED) is 0.782. The average Bonchev–Trinajstić information content (AvgIpc) is 3.10. The van der Waals surface area contributed by atoms with Crippen LogP contribution in [0, 0.1) is 0 Å². The Balaban J connectivity index is 1.64. The van der Waals surface area contributed by atoms with Crippen LogP contribution in [0.5, 0.6) is 0 Å². The van der Waals surface area contributed by atoms with E-state index in [0.29, 0.717) is 0 Å². The van der Waals surface area contributed by atoms with Crippen LogP contribution >= 0.6 is 0 Å². The molecule has 2 aromatic rings. The lowest BCUT2D eigenvalue weighted by Crippen LogP contribution is -2.22. The molecular weight excluding hydrogens is 296 g/mol. The minimum atomic E-state index is 0.855. The van der Waals surface area contributed by atoms with Crippen LogP contribution in [0.15, 0.2) is 36.5 Å². The highest BCUT2D eigenvalue weighted by atomic mass is 15.1. The zero-order valence-corrected chi connectivity index (χ0v) is 14.9. The van der Waals surface area contributed by atoms with Gasteiger partial charge in [-0.15, -0.1) is 0 Å². The van der Waals surface area contributed by atoms with Crippen molar-refractivity contribution >= 4 is 0 Å². The zero-order chi connectivity index (χ0) is 16.8. The smallest absolute Gasteiger partial charge is 0.128 e. The van der Waals surface area contributed by atoms with E-state index in [0.717, 1.165) is 37.6 Å². The van der Waals surface area contributed by atoms with Crippen molar-refractivity contribution in [3.05, 3.63) is 59.2 Å². The van der Waals surface area contributed by atoms with E-state index in [-0.39, 0.29) is 0 Å². The molecule has 1 saturated heterocycles. The molecule has 1 aliphatic rings. The molecular formula is C20H28N4. The third kappa shape index (κ3) is 4.62. The van der Waals surface area contributed by atoms with Crippen LogP contribution in [-0.2, 0) is 26.1 Å². The number of hydrogen-bond donors (Lipinski definition) is 0. The molecule has 1 aliphatic heterocycles. The number of likely N-dealkylation sites (tertiary alicyclic amines) is 1. The molecule has 4 nitrogen and oxygen atoms in total. The first kappa shape index (κ1) is 17.1. The van der Waals surface area contributed by atoms with Gasteiger partial charge >= 0.3 is 0 Å². The van der Waals surface area contributed by atoms with Gasteiger partial charge in [0, 0.05) is 32.3 Å². The van der Waals surface area contributed by atoms with Gasteiger partial charge < -0.3 is 0 Å². The molecule has 0 radical (unpaired) electrons. The molecule has 1 aromatic heterocycles. The van der Waals surface area contributed by atoms with Gasteiger partial charge in [0.15, 0.2) is 0 Å². The third-order valence-electron chi connectivity index (χ3n) is 4.66. The third-order valence-corrected chi connectivity index (χ3v) is 4.66. The fraction of sp³-hybridized carbons (Fsp3) is 0.500. The van der Waals surface area contributed by atoms with Gasteiger partial charge in [-0.3, -0.25) is 9.80 Å². The summed E-state index contributed by atoms with van der Waals surface area (Å²) in [5, 5.41) is 0. The normalized spacial score (nSPS) is 15.3. The van der Waals surface area contributed by atoms with Crippen molar-refractivity contribution < 1.29 is 0 Å². The first-order valence-corrected chi connectivity index (χ1v) is 9.03. The second kappa shape index (κ2) is 8.36. The predicted octanol–water partition coefficient (Wildman–Crippen LogP) is 3.27. The van der Waals surface area contributed by atoms with Crippen LogP contribution in [0.1, 0.15) is 42.4 Å². The van der Waals surface area contributed by atoms with Crippen LogP contribution in [0.25, 0.3) is 0 Å². The highest BCUT2D eigenvalue weighted by molar-refractivity contribution is 5.27. The van der Waals surface area contributed by atoms with Crippen LogP contribution in [-0.4, -0.2) is 39.9 Å². The van der Waals surface area contributed by atoms with Crippen LogP contribution in [0.3, 0.4) is 0 Å². The molecule has 0 atom stereocenters. The van der Waals surface area contributed by atoms with Crippen molar-refractivity contribution in [2.45, 2.75) is 45.8 Å². The molecule has 0 bridgehead atoms. The lowest BCUT2D eigenvalue weighted by atomic mass is 10.1. The highest BCUT2D eigenvalue weighted by Crippen LogP contribution is 2.17. The van der Waals surface area contributed by atoms with Gasteiger partial charge in [-0.25, -0.2) is 9.97 Å². The molecule has 0 N–H and O–H groups in total. The standard InChI is InChI=1S/C20H28N4/c1-3-20-21-11-10-19(22-20)16-23(2)14-17-8-4-5-9-18(17)15-24-12-6-7-13-24/h4-5,8-11H,3,6-7,12-16H2,1-2H3. The number of hydrogen-bond acceptors (Lipinski definition) is 4. The van der Waals surface area contributed by atoms with Gasteiger partial charge in [0.2, 0.25) is 0 Å². The van der Waals surface area contributed by atoms with Gasteiger partial charge in [-0.05, 0) is 50.2 Å². The summed E-state index contributed by atoms with van der Waals surface area (Å²) in [5.41, 5.74) is 3.99. The maximum absolute atomic E-state index is 4.62. The molecule has 0 saturated carbocycles. The Kier molecular flexibility index (Phi) is 5.94. The van der Waals surface area contributed by atoms with Crippen molar-refractivity contribution in [1.82, 2.24) is 19.8 Å². The molecule has 0 aliphatic carbocycles. The summed E-state index contributed by atoms with van der Waals surface area (Å²) in [5.74, 6) is 0.926. The Labute approximate surface area is 145 Å². The lowest BCUT2D eigenvalue weighted by Gasteiger charge is -2.21. The van der Waals surface area contributed by atoms with Gasteiger partial charge in [-0.1, -0.05) is 31.2 Å². The number of benzene rings is 1. The van der Waals surface area contributed by atoms with Crippen molar-refractivity contribution in [3.63, 3.8) is 0 Å². The summed E-state index contributed by atoms with van der Waals surface area (Å²) in [7, 11) is 2.17. The van der Waals surface area contributed by atoms with E-state index in [1.165, 1.54) is 37.1 Å². The van der Waals surface area contributed by atoms with E-state index in [9.17, 15) is 0 Å². The van der Waals surface area contributed by atoms with Crippen molar-refractivity contribution in [1.29, 1.82) is 0 Å². The summed E-state index contributed by atoms with van der Waals surface area (Å²) in [6, 6.07) is 10.9. The number of nitrogens with zero attached hydrogens (tertiary/aromatic N) is 4. The zero-order valence-electron chi connectivity index (χ0n) is 14.9. The number of aromatic nitrogens is 2. The van der Waals surface area contributed by atoms with E-state index in [1.807, 2.05) is 12.3 Å². The predicted molar refractivity (Wildman–Crippen MR) is 97.5 cm³/mol. The second-order valence-corrected chi connectivity index (χ2v) is 6.74. The van der Waals surface area contributed by atoms with Crippen LogP contribution in [0.2, 0.25) is 0 Å². The Morgan fingerprint density at radius 1 is 1.04 bits per heavy atom. The summed E-state index contributed by atoms with van der Waals surface area (Å²) < 4.78 is 0. The van der Waals surface area contributed by atoms with E-state index in [4.69, 9.17) is 0 Å². The fourth-order valence-corrected chi connectivity index (χ4v) is 3.37. The maximum atomic E-state index is 4.62. The van der Waals surface area contributed by atoms with E-state index >= 15 is 0 Å². The first-order chi connectivity index (χ1) is 11.7. The Morgan fingerprint density at radius 3 is 2.54 bits per heavy atom. The molecule has 3 rings (SSSR count). The average molecular weight is 324 g/mol. The van der Waals surface area contributed by atoms with Crippen molar-refractivity contribution in [2.75, 3.05) is 20.1 Å². The molecule has 128 valence electrons. The van der Waals surface area contributed by atoms with Gasteiger partial charge in [0.1, 0.15) is 5.82 Å². The Bertz CT molecular complexity index is 650. The van der Waals surface area contributed by atoms with E-state index < -0.39 is 0 Å². The van der Waals surface area contributed by atoms with E-state index in [2.05, 4.69) is 58.0 Å². The molecule has 1 aromatic carbocycles. The molecule has 0 spiro atoms. The topological polar surface area (TPSA) is 32.3 Å². The summed E-state index contributed by atoms with van der Waals surface area (Å²) >= 11 is 0. The Hall–Kier alpha value is -1.78. The highest BCUT2D eigenvalue weighted by Gasteiger charge is 2.14. The van der Waals surface area contributed by atoms with Crippen molar-refractivity contribution in [3.8, 4) is 0 Å². The van der Waals surface area contributed by atoms with Gasteiger partial charge in [0.25, 0.3) is 0 Å². The maximum Gasteiger partial charge on any atom is 0.128 e. The molecule has 1 fully saturated rings. The first-order valence-electron chi connectivity index (χ1n) is 9.03. The molecule has 2 heterocycles.